The van der Waals surface area contributed by atoms with Crippen molar-refractivity contribution in [3.8, 4) is 0 Å². The Kier molecular flexibility index (Phi) is 3.61. The zero-order chi connectivity index (χ0) is 15.2. The van der Waals surface area contributed by atoms with Gasteiger partial charge in [0, 0.05) is 27.2 Å². The number of anilines is 2. The van der Waals surface area contributed by atoms with E-state index in [4.69, 9.17) is 5.73 Å². The maximum Gasteiger partial charge on any atom is 0.242 e. The van der Waals surface area contributed by atoms with Crippen LogP contribution in [0.2, 0.25) is 0 Å². The lowest BCUT2D eigenvalue weighted by molar-refractivity contribution is 0.494. The molecule has 21 heavy (non-hydrogen) atoms. The van der Waals surface area contributed by atoms with Crippen LogP contribution < -0.4 is 10.6 Å². The van der Waals surface area contributed by atoms with Gasteiger partial charge in [-0.25, -0.2) is 12.7 Å². The van der Waals surface area contributed by atoms with Crippen molar-refractivity contribution in [3.63, 3.8) is 0 Å². The zero-order valence-corrected chi connectivity index (χ0v) is 13.4. The molecule has 1 aromatic rings. The molecule has 5 nitrogen and oxygen atoms in total. The first kappa shape index (κ1) is 14.7. The van der Waals surface area contributed by atoms with Gasteiger partial charge >= 0.3 is 0 Å². The molecule has 1 aliphatic heterocycles. The predicted octanol–water partition coefficient (Wildman–Crippen LogP) is 1.76. The van der Waals surface area contributed by atoms with Gasteiger partial charge in [-0.3, -0.25) is 0 Å². The van der Waals surface area contributed by atoms with Gasteiger partial charge in [0.15, 0.2) is 0 Å². The van der Waals surface area contributed by atoms with E-state index in [1.165, 1.54) is 37.7 Å². The van der Waals surface area contributed by atoms with E-state index in [0.717, 1.165) is 30.6 Å². The number of sulfonamides is 1. The summed E-state index contributed by atoms with van der Waals surface area (Å²) in [5, 5.41) is 0. The van der Waals surface area contributed by atoms with Crippen LogP contribution in [0.4, 0.5) is 11.4 Å². The van der Waals surface area contributed by atoms with Crippen LogP contribution in [-0.4, -0.2) is 39.9 Å². The Bertz CT molecular complexity index is 630. The molecule has 6 heteroatoms. The fourth-order valence-corrected chi connectivity index (χ4v) is 4.56. The highest BCUT2D eigenvalue weighted by atomic mass is 32.2. The molecule has 0 bridgehead atoms. The molecule has 1 aromatic carbocycles. The molecule has 116 valence electrons. The molecule has 0 spiro atoms. The molecule has 0 aromatic heterocycles. The van der Waals surface area contributed by atoms with Crippen molar-refractivity contribution in [2.24, 2.45) is 11.8 Å². The van der Waals surface area contributed by atoms with Crippen LogP contribution in [0.5, 0.6) is 0 Å². The van der Waals surface area contributed by atoms with Crippen molar-refractivity contribution in [1.82, 2.24) is 4.31 Å². The lowest BCUT2D eigenvalue weighted by atomic mass is 10.0. The monoisotopic (exact) mass is 309 g/mol. The molecule has 2 fully saturated rings. The molecule has 2 N–H and O–H groups in total. The number of fused-ring (bicyclic) bond motifs is 1. The van der Waals surface area contributed by atoms with Gasteiger partial charge < -0.3 is 10.6 Å². The summed E-state index contributed by atoms with van der Waals surface area (Å²) in [7, 11) is -0.362. The van der Waals surface area contributed by atoms with Crippen molar-refractivity contribution in [2.45, 2.75) is 24.2 Å². The molecule has 1 aliphatic carbocycles. The highest BCUT2D eigenvalue weighted by Gasteiger charge is 2.36. The van der Waals surface area contributed by atoms with Crippen LogP contribution in [0, 0.1) is 11.8 Å². The first-order valence-electron chi connectivity index (χ1n) is 7.46. The van der Waals surface area contributed by atoms with Crippen molar-refractivity contribution in [1.29, 1.82) is 0 Å². The molecule has 0 radical (unpaired) electrons. The Morgan fingerprint density at radius 2 is 1.81 bits per heavy atom. The molecule has 2 unspecified atom stereocenters. The first-order valence-corrected chi connectivity index (χ1v) is 8.90. The number of nitrogen functional groups attached to an aromatic ring is 1. The maximum absolute atomic E-state index is 12.1. The normalized spacial score (nSPS) is 25.6. The second-order valence-corrected chi connectivity index (χ2v) is 8.52. The Morgan fingerprint density at radius 1 is 1.19 bits per heavy atom. The van der Waals surface area contributed by atoms with Crippen LogP contribution in [0.15, 0.2) is 23.1 Å². The second-order valence-electron chi connectivity index (χ2n) is 6.36. The highest BCUT2D eigenvalue weighted by Crippen LogP contribution is 2.41. The van der Waals surface area contributed by atoms with E-state index in [1.807, 2.05) is 6.07 Å². The number of hydrogen-bond acceptors (Lipinski definition) is 4. The standard InChI is InChI=1S/C15H23N3O2S/c1-17(2)21(19,20)13-6-7-15(14(16)8-13)18-9-11-4-3-5-12(11)10-18/h6-8,11-12H,3-5,9-10,16H2,1-2H3. The topological polar surface area (TPSA) is 66.6 Å². The Morgan fingerprint density at radius 3 is 2.33 bits per heavy atom. The van der Waals surface area contributed by atoms with E-state index in [2.05, 4.69) is 4.90 Å². The Labute approximate surface area is 126 Å². The Balaban J connectivity index is 1.86. The van der Waals surface area contributed by atoms with Crippen LogP contribution in [0.1, 0.15) is 19.3 Å². The largest absolute Gasteiger partial charge is 0.397 e. The van der Waals surface area contributed by atoms with E-state index in [1.54, 1.807) is 12.1 Å². The number of rotatable bonds is 3. The van der Waals surface area contributed by atoms with Crippen molar-refractivity contribution < 1.29 is 8.42 Å². The highest BCUT2D eigenvalue weighted by molar-refractivity contribution is 7.89. The van der Waals surface area contributed by atoms with Gasteiger partial charge in [0.1, 0.15) is 0 Å². The van der Waals surface area contributed by atoms with Gasteiger partial charge in [0.05, 0.1) is 16.3 Å². The summed E-state index contributed by atoms with van der Waals surface area (Å²) < 4.78 is 25.5. The van der Waals surface area contributed by atoms with E-state index < -0.39 is 10.0 Å². The minimum Gasteiger partial charge on any atom is -0.397 e. The van der Waals surface area contributed by atoms with Crippen molar-refractivity contribution in [2.75, 3.05) is 37.8 Å². The van der Waals surface area contributed by atoms with E-state index in [9.17, 15) is 8.42 Å². The summed E-state index contributed by atoms with van der Waals surface area (Å²) in [6.45, 7) is 2.10. The summed E-state index contributed by atoms with van der Waals surface area (Å²) in [6.07, 6.45) is 3.97. The second kappa shape index (κ2) is 5.18. The minimum absolute atomic E-state index is 0.258. The quantitative estimate of drug-likeness (QED) is 0.864. The SMILES string of the molecule is CN(C)S(=O)(=O)c1ccc(N2CC3CCCC3C2)c(N)c1. The number of benzene rings is 1. The summed E-state index contributed by atoms with van der Waals surface area (Å²) in [6, 6.07) is 5.10. The maximum atomic E-state index is 12.1. The molecule has 1 saturated carbocycles. The summed E-state index contributed by atoms with van der Waals surface area (Å²) in [5.74, 6) is 1.57. The van der Waals surface area contributed by atoms with Crippen LogP contribution in [0.3, 0.4) is 0 Å². The van der Waals surface area contributed by atoms with E-state index in [-0.39, 0.29) is 4.90 Å². The predicted molar refractivity (Wildman–Crippen MR) is 84.8 cm³/mol. The molecule has 1 saturated heterocycles. The van der Waals surface area contributed by atoms with Gasteiger partial charge in [-0.2, -0.15) is 0 Å². The third-order valence-electron chi connectivity index (χ3n) is 4.84. The third kappa shape index (κ3) is 2.51. The minimum atomic E-state index is -3.42. The molecule has 2 aliphatic rings. The molecular weight excluding hydrogens is 286 g/mol. The fourth-order valence-electron chi connectivity index (χ4n) is 3.62. The average Bonchev–Trinajstić information content (AvgIpc) is 2.99. The number of nitrogens with zero attached hydrogens (tertiary/aromatic N) is 2. The van der Waals surface area contributed by atoms with Gasteiger partial charge in [-0.05, 0) is 42.9 Å². The summed E-state index contributed by atoms with van der Waals surface area (Å²) in [5.41, 5.74) is 7.65. The lowest BCUT2D eigenvalue weighted by Gasteiger charge is -2.22. The number of hydrogen-bond donors (Lipinski definition) is 1. The molecular formula is C15H23N3O2S. The smallest absolute Gasteiger partial charge is 0.242 e. The molecule has 0 amide bonds. The van der Waals surface area contributed by atoms with Crippen molar-refractivity contribution >= 4 is 21.4 Å². The molecule has 2 atom stereocenters. The summed E-state index contributed by atoms with van der Waals surface area (Å²) >= 11 is 0. The third-order valence-corrected chi connectivity index (χ3v) is 6.66. The fraction of sp³-hybridized carbons (Fsp3) is 0.600. The van der Waals surface area contributed by atoms with E-state index >= 15 is 0 Å². The zero-order valence-electron chi connectivity index (χ0n) is 12.6. The van der Waals surface area contributed by atoms with Crippen molar-refractivity contribution in [3.05, 3.63) is 18.2 Å². The number of nitrogens with two attached hydrogens (primary N) is 1. The first-order chi connectivity index (χ1) is 9.89. The Hall–Kier alpha value is -1.27. The van der Waals surface area contributed by atoms with Gasteiger partial charge in [0.25, 0.3) is 0 Å². The van der Waals surface area contributed by atoms with Gasteiger partial charge in [-0.1, -0.05) is 6.42 Å². The van der Waals surface area contributed by atoms with Gasteiger partial charge in [0.2, 0.25) is 10.0 Å². The van der Waals surface area contributed by atoms with Crippen LogP contribution in [-0.2, 0) is 10.0 Å². The van der Waals surface area contributed by atoms with Gasteiger partial charge in [-0.15, -0.1) is 0 Å². The average molecular weight is 309 g/mol. The summed E-state index contributed by atoms with van der Waals surface area (Å²) in [4.78, 5) is 2.57. The molecule has 1 heterocycles. The lowest BCUT2D eigenvalue weighted by Crippen LogP contribution is -2.24. The van der Waals surface area contributed by atoms with E-state index in [0.29, 0.717) is 5.69 Å². The van der Waals surface area contributed by atoms with Crippen LogP contribution in [0.25, 0.3) is 0 Å². The molecule has 3 rings (SSSR count). The van der Waals surface area contributed by atoms with Crippen LogP contribution >= 0.6 is 0 Å².